The van der Waals surface area contributed by atoms with Gasteiger partial charge in [-0.1, -0.05) is 32.0 Å². The molecule has 2 aliphatic heterocycles. The van der Waals surface area contributed by atoms with Crippen molar-refractivity contribution in [3.63, 3.8) is 0 Å². The summed E-state index contributed by atoms with van der Waals surface area (Å²) in [5.41, 5.74) is 0.340. The van der Waals surface area contributed by atoms with E-state index in [0.29, 0.717) is 12.1 Å². The smallest absolute Gasteiger partial charge is 0.239 e. The van der Waals surface area contributed by atoms with E-state index in [0.717, 1.165) is 58.1 Å². The van der Waals surface area contributed by atoms with Crippen molar-refractivity contribution in [1.82, 2.24) is 20.0 Å². The van der Waals surface area contributed by atoms with Crippen LogP contribution in [0.2, 0.25) is 0 Å². The van der Waals surface area contributed by atoms with Gasteiger partial charge in [0.1, 0.15) is 5.82 Å². The third-order valence-corrected chi connectivity index (χ3v) is 6.44. The number of halogens is 2. The number of hydrogen-bond acceptors (Lipinski definition) is 3. The predicted molar refractivity (Wildman–Crippen MR) is 135 cm³/mol. The van der Waals surface area contributed by atoms with Crippen molar-refractivity contribution in [2.24, 2.45) is 4.99 Å². The molecule has 2 saturated heterocycles. The van der Waals surface area contributed by atoms with Crippen molar-refractivity contribution in [1.29, 1.82) is 0 Å². The summed E-state index contributed by atoms with van der Waals surface area (Å²) in [6.07, 6.45) is 2.24. The van der Waals surface area contributed by atoms with Gasteiger partial charge in [-0.25, -0.2) is 4.39 Å². The average Bonchev–Trinajstić information content (AvgIpc) is 3.28. The first kappa shape index (κ1) is 25.8. The molecule has 2 aliphatic rings. The Bertz CT molecular complexity index is 758. The number of nitrogens with zero attached hydrogens (tertiary/aromatic N) is 4. The van der Waals surface area contributed by atoms with Crippen molar-refractivity contribution in [3.8, 4) is 0 Å². The standard InChI is InChI=1S/C23H36FN5O.HI/c1-18(21(30)28-11-7-8-12-28)27-13-15-29(16-14-27)22(25-4)26-17-23(2,3)19-9-5-6-10-20(19)24;/h5-6,9-10,18H,7-8,11-17H2,1-4H3,(H,25,26);1H. The number of rotatable bonds is 5. The molecule has 6 nitrogen and oxygen atoms in total. The Morgan fingerprint density at radius 2 is 1.71 bits per heavy atom. The molecule has 174 valence electrons. The minimum absolute atomic E-state index is 0. The fourth-order valence-corrected chi connectivity index (χ4v) is 4.42. The molecule has 1 atom stereocenters. The fourth-order valence-electron chi connectivity index (χ4n) is 4.42. The molecule has 1 unspecified atom stereocenters. The summed E-state index contributed by atoms with van der Waals surface area (Å²) in [5.74, 6) is 0.914. The van der Waals surface area contributed by atoms with Gasteiger partial charge in [-0.15, -0.1) is 24.0 Å². The van der Waals surface area contributed by atoms with Gasteiger partial charge in [-0.3, -0.25) is 14.7 Å². The van der Waals surface area contributed by atoms with Crippen LogP contribution in [0.3, 0.4) is 0 Å². The highest BCUT2D eigenvalue weighted by molar-refractivity contribution is 14.0. The van der Waals surface area contributed by atoms with E-state index in [4.69, 9.17) is 0 Å². The van der Waals surface area contributed by atoms with Crippen LogP contribution in [0.1, 0.15) is 39.2 Å². The molecular weight excluding hydrogens is 508 g/mol. The minimum atomic E-state index is -0.361. The number of amides is 1. The maximum Gasteiger partial charge on any atom is 0.239 e. The predicted octanol–water partition coefficient (Wildman–Crippen LogP) is 2.93. The molecule has 1 aromatic carbocycles. The van der Waals surface area contributed by atoms with Gasteiger partial charge in [0.2, 0.25) is 5.91 Å². The van der Waals surface area contributed by atoms with E-state index in [2.05, 4.69) is 20.1 Å². The van der Waals surface area contributed by atoms with E-state index in [-0.39, 0.29) is 47.2 Å². The van der Waals surface area contributed by atoms with E-state index < -0.39 is 0 Å². The summed E-state index contributed by atoms with van der Waals surface area (Å²) < 4.78 is 14.2. The Kier molecular flexibility index (Phi) is 9.54. The topological polar surface area (TPSA) is 51.2 Å². The Balaban J connectivity index is 0.00000341. The highest BCUT2D eigenvalue weighted by atomic mass is 127. The number of aliphatic imine (C=N–C) groups is 1. The molecule has 1 aromatic rings. The SMILES string of the molecule is CN=C(NCC(C)(C)c1ccccc1F)N1CCN(C(C)C(=O)N2CCCC2)CC1.I. The van der Waals surface area contributed by atoms with E-state index >= 15 is 0 Å². The van der Waals surface area contributed by atoms with Crippen LogP contribution in [-0.4, -0.2) is 85.5 Å². The molecule has 0 bridgehead atoms. The number of carbonyl (C=O) groups excluding carboxylic acids is 1. The Labute approximate surface area is 203 Å². The molecular formula is C23H37FIN5O. The van der Waals surface area contributed by atoms with Crippen LogP contribution in [0.25, 0.3) is 0 Å². The molecule has 1 N–H and O–H groups in total. The van der Waals surface area contributed by atoms with Gasteiger partial charge >= 0.3 is 0 Å². The lowest BCUT2D eigenvalue weighted by Gasteiger charge is -2.40. The van der Waals surface area contributed by atoms with Gasteiger partial charge in [0.05, 0.1) is 6.04 Å². The van der Waals surface area contributed by atoms with Crippen LogP contribution in [0.4, 0.5) is 4.39 Å². The van der Waals surface area contributed by atoms with E-state index in [1.54, 1.807) is 13.1 Å². The molecule has 2 heterocycles. The lowest BCUT2D eigenvalue weighted by molar-refractivity contribution is -0.135. The van der Waals surface area contributed by atoms with Gasteiger partial charge < -0.3 is 15.1 Å². The quantitative estimate of drug-likeness (QED) is 0.352. The van der Waals surface area contributed by atoms with Crippen LogP contribution in [-0.2, 0) is 10.2 Å². The van der Waals surface area contributed by atoms with Crippen LogP contribution < -0.4 is 5.32 Å². The summed E-state index contributed by atoms with van der Waals surface area (Å²) in [6, 6.07) is 6.88. The van der Waals surface area contributed by atoms with Gasteiger partial charge in [-0.2, -0.15) is 0 Å². The van der Waals surface area contributed by atoms with Crippen LogP contribution in [0.15, 0.2) is 29.3 Å². The Hall–Kier alpha value is -1.42. The third kappa shape index (κ3) is 6.31. The zero-order valence-electron chi connectivity index (χ0n) is 19.2. The number of hydrogen-bond donors (Lipinski definition) is 1. The maximum atomic E-state index is 14.2. The first-order chi connectivity index (χ1) is 14.3. The van der Waals surface area contributed by atoms with Crippen molar-refractivity contribution in [3.05, 3.63) is 35.6 Å². The maximum absolute atomic E-state index is 14.2. The first-order valence-electron chi connectivity index (χ1n) is 11.1. The molecule has 0 spiro atoms. The van der Waals surface area contributed by atoms with Gasteiger partial charge in [0.15, 0.2) is 5.96 Å². The highest BCUT2D eigenvalue weighted by Crippen LogP contribution is 2.25. The minimum Gasteiger partial charge on any atom is -0.355 e. The number of piperazine rings is 1. The number of nitrogens with one attached hydrogen (secondary N) is 1. The van der Waals surface area contributed by atoms with E-state index in [1.165, 1.54) is 6.07 Å². The van der Waals surface area contributed by atoms with Gasteiger partial charge in [-0.05, 0) is 31.4 Å². The lowest BCUT2D eigenvalue weighted by atomic mass is 9.84. The van der Waals surface area contributed by atoms with Gasteiger partial charge in [0, 0.05) is 58.3 Å². The summed E-state index contributed by atoms with van der Waals surface area (Å²) in [7, 11) is 1.78. The first-order valence-corrected chi connectivity index (χ1v) is 11.1. The third-order valence-electron chi connectivity index (χ3n) is 6.44. The molecule has 8 heteroatoms. The lowest BCUT2D eigenvalue weighted by Crippen LogP contribution is -2.57. The Morgan fingerprint density at radius 3 is 2.29 bits per heavy atom. The monoisotopic (exact) mass is 545 g/mol. The zero-order chi connectivity index (χ0) is 21.7. The summed E-state index contributed by atoms with van der Waals surface area (Å²) in [4.78, 5) is 23.6. The van der Waals surface area contributed by atoms with E-state index in [9.17, 15) is 9.18 Å². The fraction of sp³-hybridized carbons (Fsp3) is 0.652. The summed E-state index contributed by atoms with van der Waals surface area (Å²) in [6.45, 7) is 11.8. The average molecular weight is 545 g/mol. The Morgan fingerprint density at radius 1 is 1.10 bits per heavy atom. The second-order valence-corrected chi connectivity index (χ2v) is 9.00. The molecule has 3 rings (SSSR count). The van der Waals surface area contributed by atoms with E-state index in [1.807, 2.05) is 37.8 Å². The van der Waals surface area contributed by atoms with Crippen molar-refractivity contribution < 1.29 is 9.18 Å². The molecule has 1 amide bonds. The van der Waals surface area contributed by atoms with Crippen molar-refractivity contribution in [2.45, 2.75) is 45.1 Å². The largest absolute Gasteiger partial charge is 0.355 e. The number of guanidine groups is 1. The van der Waals surface area contributed by atoms with Crippen LogP contribution >= 0.6 is 24.0 Å². The second kappa shape index (κ2) is 11.4. The van der Waals surface area contributed by atoms with Crippen molar-refractivity contribution >= 4 is 35.8 Å². The van der Waals surface area contributed by atoms with Crippen LogP contribution in [0, 0.1) is 5.82 Å². The molecule has 0 radical (unpaired) electrons. The summed E-state index contributed by atoms with van der Waals surface area (Å²) >= 11 is 0. The molecule has 2 fully saturated rings. The molecule has 31 heavy (non-hydrogen) atoms. The number of benzene rings is 1. The second-order valence-electron chi connectivity index (χ2n) is 9.00. The highest BCUT2D eigenvalue weighted by Gasteiger charge is 2.31. The molecule has 0 saturated carbocycles. The zero-order valence-corrected chi connectivity index (χ0v) is 21.6. The van der Waals surface area contributed by atoms with Crippen LogP contribution in [0.5, 0.6) is 0 Å². The van der Waals surface area contributed by atoms with Gasteiger partial charge in [0.25, 0.3) is 0 Å². The molecule has 0 aliphatic carbocycles. The van der Waals surface area contributed by atoms with Crippen molar-refractivity contribution in [2.75, 3.05) is 52.9 Å². The number of likely N-dealkylation sites (tertiary alicyclic amines) is 1. The molecule has 0 aromatic heterocycles. The summed E-state index contributed by atoms with van der Waals surface area (Å²) in [5, 5.41) is 3.43. The normalized spacial score (nSPS) is 19.2. The number of carbonyl (C=O) groups is 1.